The van der Waals surface area contributed by atoms with E-state index in [1.54, 1.807) is 13.1 Å². The van der Waals surface area contributed by atoms with Crippen LogP contribution in [0.15, 0.2) is 22.7 Å². The van der Waals surface area contributed by atoms with E-state index in [0.717, 1.165) is 22.9 Å². The van der Waals surface area contributed by atoms with Crippen molar-refractivity contribution in [3.63, 3.8) is 0 Å². The fourth-order valence-electron chi connectivity index (χ4n) is 1.83. The molecule has 102 valence electrons. The van der Waals surface area contributed by atoms with Gasteiger partial charge in [-0.05, 0) is 37.5 Å². The monoisotopic (exact) mass is 324 g/mol. The van der Waals surface area contributed by atoms with Gasteiger partial charge in [0.05, 0.1) is 6.54 Å². The first-order valence-electron chi connectivity index (χ1n) is 6.29. The molecule has 0 radical (unpaired) electrons. The van der Waals surface area contributed by atoms with Gasteiger partial charge in [-0.25, -0.2) is 0 Å². The number of benzene rings is 1. The highest BCUT2D eigenvalue weighted by molar-refractivity contribution is 9.10. The van der Waals surface area contributed by atoms with E-state index in [-0.39, 0.29) is 18.4 Å². The van der Waals surface area contributed by atoms with E-state index in [2.05, 4.69) is 21.2 Å². The molecule has 0 atom stereocenters. The summed E-state index contributed by atoms with van der Waals surface area (Å²) in [6.45, 7) is 1.98. The molecular formula is C14H17BrN2O2. The number of hydrogen-bond acceptors (Lipinski definition) is 2. The van der Waals surface area contributed by atoms with Gasteiger partial charge in [0.25, 0.3) is 5.91 Å². The summed E-state index contributed by atoms with van der Waals surface area (Å²) in [4.78, 5) is 25.4. The molecule has 1 fully saturated rings. The first-order chi connectivity index (χ1) is 8.99. The molecule has 0 spiro atoms. The molecule has 0 saturated heterocycles. The second-order valence-corrected chi connectivity index (χ2v) is 5.77. The highest BCUT2D eigenvalue weighted by atomic mass is 79.9. The average Bonchev–Trinajstić information content (AvgIpc) is 3.15. The van der Waals surface area contributed by atoms with Gasteiger partial charge in [0.2, 0.25) is 5.91 Å². The molecule has 1 aromatic carbocycles. The molecular weight excluding hydrogens is 308 g/mol. The van der Waals surface area contributed by atoms with Crippen LogP contribution in [-0.4, -0.2) is 36.3 Å². The Morgan fingerprint density at radius 2 is 2.11 bits per heavy atom. The zero-order chi connectivity index (χ0) is 14.0. The first kappa shape index (κ1) is 14.1. The second-order valence-electron chi connectivity index (χ2n) is 4.92. The second kappa shape index (κ2) is 5.74. The van der Waals surface area contributed by atoms with Gasteiger partial charge in [0.1, 0.15) is 0 Å². The van der Waals surface area contributed by atoms with Crippen LogP contribution < -0.4 is 5.32 Å². The normalized spacial score (nSPS) is 14.1. The zero-order valence-corrected chi connectivity index (χ0v) is 12.7. The van der Waals surface area contributed by atoms with Crippen LogP contribution in [0.5, 0.6) is 0 Å². The lowest BCUT2D eigenvalue weighted by Gasteiger charge is -2.18. The van der Waals surface area contributed by atoms with Crippen LogP contribution in [0.2, 0.25) is 0 Å². The Labute approximate surface area is 121 Å². The van der Waals surface area contributed by atoms with Crippen LogP contribution in [0.4, 0.5) is 0 Å². The van der Waals surface area contributed by atoms with Gasteiger partial charge in [0.15, 0.2) is 0 Å². The largest absolute Gasteiger partial charge is 0.352 e. The summed E-state index contributed by atoms with van der Waals surface area (Å²) < 4.78 is 0.897. The quantitative estimate of drug-likeness (QED) is 0.922. The lowest BCUT2D eigenvalue weighted by molar-refractivity contribution is -0.121. The van der Waals surface area contributed by atoms with Crippen molar-refractivity contribution in [2.24, 2.45) is 0 Å². The Kier molecular flexibility index (Phi) is 4.24. The maximum absolute atomic E-state index is 12.3. The number of likely N-dealkylation sites (N-methyl/N-ethyl adjacent to an activating group) is 1. The van der Waals surface area contributed by atoms with E-state index in [9.17, 15) is 9.59 Å². The molecule has 0 heterocycles. The molecule has 1 N–H and O–H groups in total. The summed E-state index contributed by atoms with van der Waals surface area (Å²) in [7, 11) is 1.65. The molecule has 0 unspecified atom stereocenters. The van der Waals surface area contributed by atoms with E-state index in [0.29, 0.717) is 11.6 Å². The molecule has 2 amide bonds. The first-order valence-corrected chi connectivity index (χ1v) is 7.08. The fraction of sp³-hybridized carbons (Fsp3) is 0.429. The van der Waals surface area contributed by atoms with Crippen molar-refractivity contribution in [2.75, 3.05) is 13.6 Å². The van der Waals surface area contributed by atoms with Gasteiger partial charge < -0.3 is 10.2 Å². The lowest BCUT2D eigenvalue weighted by atomic mass is 10.1. The molecule has 1 saturated carbocycles. The molecule has 1 aromatic rings. The van der Waals surface area contributed by atoms with Crippen LogP contribution >= 0.6 is 15.9 Å². The third-order valence-electron chi connectivity index (χ3n) is 3.17. The summed E-state index contributed by atoms with van der Waals surface area (Å²) in [5.74, 6) is -0.226. The number of halogens is 1. The predicted molar refractivity (Wildman–Crippen MR) is 77.0 cm³/mol. The van der Waals surface area contributed by atoms with Crippen molar-refractivity contribution < 1.29 is 9.59 Å². The predicted octanol–water partition coefficient (Wildman–Crippen LogP) is 2.11. The van der Waals surface area contributed by atoms with Crippen molar-refractivity contribution >= 4 is 27.7 Å². The van der Waals surface area contributed by atoms with Crippen molar-refractivity contribution in [3.8, 4) is 0 Å². The smallest absolute Gasteiger partial charge is 0.254 e. The topological polar surface area (TPSA) is 49.4 Å². The summed E-state index contributed by atoms with van der Waals surface area (Å²) in [6, 6.07) is 5.81. The summed E-state index contributed by atoms with van der Waals surface area (Å²) >= 11 is 3.41. The minimum Gasteiger partial charge on any atom is -0.352 e. The molecule has 0 aliphatic heterocycles. The highest BCUT2D eigenvalue weighted by Crippen LogP contribution is 2.21. The van der Waals surface area contributed by atoms with Crippen LogP contribution in [0.1, 0.15) is 28.8 Å². The van der Waals surface area contributed by atoms with Crippen molar-refractivity contribution in [3.05, 3.63) is 33.8 Å². The molecule has 2 rings (SSSR count). The SMILES string of the molecule is Cc1c(Br)cccc1C(=O)N(C)CC(=O)NC1CC1. The molecule has 4 nitrogen and oxygen atoms in total. The van der Waals surface area contributed by atoms with Gasteiger partial charge >= 0.3 is 0 Å². The molecule has 1 aliphatic carbocycles. The maximum Gasteiger partial charge on any atom is 0.254 e. The highest BCUT2D eigenvalue weighted by Gasteiger charge is 2.24. The number of nitrogens with one attached hydrogen (secondary N) is 1. The summed E-state index contributed by atoms with van der Waals surface area (Å²) in [5.41, 5.74) is 1.51. The van der Waals surface area contributed by atoms with E-state index in [4.69, 9.17) is 0 Å². The Hall–Kier alpha value is -1.36. The van der Waals surface area contributed by atoms with Crippen LogP contribution in [0, 0.1) is 6.92 Å². The van der Waals surface area contributed by atoms with E-state index >= 15 is 0 Å². The minimum atomic E-state index is -0.134. The van der Waals surface area contributed by atoms with Gasteiger partial charge in [-0.2, -0.15) is 0 Å². The van der Waals surface area contributed by atoms with Crippen molar-refractivity contribution in [1.82, 2.24) is 10.2 Å². The van der Waals surface area contributed by atoms with Gasteiger partial charge in [-0.15, -0.1) is 0 Å². The number of rotatable bonds is 4. The molecule has 0 bridgehead atoms. The van der Waals surface area contributed by atoms with Crippen LogP contribution in [-0.2, 0) is 4.79 Å². The van der Waals surface area contributed by atoms with Crippen molar-refractivity contribution in [2.45, 2.75) is 25.8 Å². The molecule has 5 heteroatoms. The Morgan fingerprint density at radius 3 is 2.74 bits per heavy atom. The standard InChI is InChI=1S/C14H17BrN2O2/c1-9-11(4-3-5-12(9)15)14(19)17(2)8-13(18)16-10-6-7-10/h3-5,10H,6-8H2,1-2H3,(H,16,18). The van der Waals surface area contributed by atoms with Crippen LogP contribution in [0.25, 0.3) is 0 Å². The zero-order valence-electron chi connectivity index (χ0n) is 11.1. The third kappa shape index (κ3) is 3.56. The number of amides is 2. The Morgan fingerprint density at radius 1 is 1.42 bits per heavy atom. The summed E-state index contributed by atoms with van der Waals surface area (Å²) in [5, 5.41) is 2.88. The molecule has 0 aromatic heterocycles. The molecule has 1 aliphatic rings. The minimum absolute atomic E-state index is 0.0917. The average molecular weight is 325 g/mol. The number of carbonyl (C=O) groups is 2. The third-order valence-corrected chi connectivity index (χ3v) is 4.03. The van der Waals surface area contributed by atoms with Crippen LogP contribution in [0.3, 0.4) is 0 Å². The molecule has 19 heavy (non-hydrogen) atoms. The number of carbonyl (C=O) groups excluding carboxylic acids is 2. The Balaban J connectivity index is 2.01. The van der Waals surface area contributed by atoms with Gasteiger partial charge in [-0.1, -0.05) is 22.0 Å². The fourth-order valence-corrected chi connectivity index (χ4v) is 2.20. The van der Waals surface area contributed by atoms with E-state index in [1.165, 1.54) is 4.90 Å². The number of hydrogen-bond donors (Lipinski definition) is 1. The lowest BCUT2D eigenvalue weighted by Crippen LogP contribution is -2.39. The van der Waals surface area contributed by atoms with Gasteiger partial charge in [-0.3, -0.25) is 9.59 Å². The van der Waals surface area contributed by atoms with Crippen molar-refractivity contribution in [1.29, 1.82) is 0 Å². The maximum atomic E-state index is 12.3. The summed E-state index contributed by atoms with van der Waals surface area (Å²) in [6.07, 6.45) is 2.10. The van der Waals surface area contributed by atoms with E-state index in [1.807, 2.05) is 19.1 Å². The number of nitrogens with zero attached hydrogens (tertiary/aromatic N) is 1. The van der Waals surface area contributed by atoms with Gasteiger partial charge in [0, 0.05) is 23.1 Å². The van der Waals surface area contributed by atoms with E-state index < -0.39 is 0 Å². The Bertz CT molecular complexity index is 512.